The summed E-state index contributed by atoms with van der Waals surface area (Å²) < 4.78 is 0. The van der Waals surface area contributed by atoms with Gasteiger partial charge < -0.3 is 10.2 Å². The lowest BCUT2D eigenvalue weighted by molar-refractivity contribution is -0.125. The zero-order valence-electron chi connectivity index (χ0n) is 13.3. The summed E-state index contributed by atoms with van der Waals surface area (Å²) in [6.07, 6.45) is 0.963. The van der Waals surface area contributed by atoms with Crippen molar-refractivity contribution in [3.63, 3.8) is 0 Å². The first-order chi connectivity index (χ1) is 9.82. The van der Waals surface area contributed by atoms with Gasteiger partial charge in [-0.1, -0.05) is 39.8 Å². The van der Waals surface area contributed by atoms with Crippen LogP contribution in [0.1, 0.15) is 46.1 Å². The minimum atomic E-state index is -0.415. The van der Waals surface area contributed by atoms with Gasteiger partial charge in [0.2, 0.25) is 11.8 Å². The Morgan fingerprint density at radius 3 is 2.33 bits per heavy atom. The summed E-state index contributed by atoms with van der Waals surface area (Å²) in [5, 5.41) is 2.78. The number of rotatable bonds is 2. The van der Waals surface area contributed by atoms with Gasteiger partial charge >= 0.3 is 0 Å². The third-order valence-corrected chi connectivity index (χ3v) is 3.92. The maximum absolute atomic E-state index is 12.5. The number of nitrogens with one attached hydrogen (secondary N) is 1. The molecule has 1 unspecified atom stereocenters. The molecule has 4 heteroatoms. The molecule has 2 rings (SSSR count). The van der Waals surface area contributed by atoms with Gasteiger partial charge in [0.15, 0.2) is 0 Å². The monoisotopic (exact) mass is 288 g/mol. The van der Waals surface area contributed by atoms with Crippen LogP contribution in [0.4, 0.5) is 5.69 Å². The molecule has 0 radical (unpaired) electrons. The third-order valence-electron chi connectivity index (χ3n) is 3.92. The molecule has 1 aromatic carbocycles. The largest absolute Gasteiger partial charge is 0.344 e. The smallest absolute Gasteiger partial charge is 0.249 e. The number of amides is 2. The van der Waals surface area contributed by atoms with E-state index in [0.717, 1.165) is 5.69 Å². The van der Waals surface area contributed by atoms with Crippen LogP contribution in [-0.2, 0) is 15.0 Å². The molecule has 21 heavy (non-hydrogen) atoms. The van der Waals surface area contributed by atoms with E-state index >= 15 is 0 Å². The summed E-state index contributed by atoms with van der Waals surface area (Å²) in [6, 6.07) is 7.65. The zero-order valence-corrected chi connectivity index (χ0v) is 13.3. The van der Waals surface area contributed by atoms with Crippen molar-refractivity contribution in [3.05, 3.63) is 29.8 Å². The SMILES string of the molecule is CCC1NC(=O)CCN(c2ccc(C(C)(C)C)cc2)C1=O. The van der Waals surface area contributed by atoms with Gasteiger partial charge in [-0.2, -0.15) is 0 Å². The number of anilines is 1. The number of benzene rings is 1. The van der Waals surface area contributed by atoms with E-state index in [4.69, 9.17) is 0 Å². The summed E-state index contributed by atoms with van der Waals surface area (Å²) in [4.78, 5) is 25.9. The number of carbonyl (C=O) groups excluding carboxylic acids is 2. The molecule has 0 aliphatic carbocycles. The van der Waals surface area contributed by atoms with E-state index in [0.29, 0.717) is 19.4 Å². The van der Waals surface area contributed by atoms with Gasteiger partial charge in [0.05, 0.1) is 0 Å². The number of carbonyl (C=O) groups is 2. The summed E-state index contributed by atoms with van der Waals surface area (Å²) in [7, 11) is 0. The molecule has 0 aromatic heterocycles. The van der Waals surface area contributed by atoms with Crippen molar-refractivity contribution in [1.29, 1.82) is 0 Å². The van der Waals surface area contributed by atoms with Gasteiger partial charge in [0.25, 0.3) is 0 Å². The van der Waals surface area contributed by atoms with Crippen LogP contribution in [0, 0.1) is 0 Å². The lowest BCUT2D eigenvalue weighted by Gasteiger charge is -2.25. The average Bonchev–Trinajstić information content (AvgIpc) is 2.57. The molecule has 1 atom stereocenters. The second-order valence-electron chi connectivity index (χ2n) is 6.57. The van der Waals surface area contributed by atoms with Crippen LogP contribution < -0.4 is 10.2 Å². The Hall–Kier alpha value is -1.84. The summed E-state index contributed by atoms with van der Waals surface area (Å²) >= 11 is 0. The molecule has 0 bridgehead atoms. The Morgan fingerprint density at radius 1 is 1.19 bits per heavy atom. The Kier molecular flexibility index (Phi) is 4.35. The van der Waals surface area contributed by atoms with Gasteiger partial charge in [-0.25, -0.2) is 0 Å². The summed E-state index contributed by atoms with van der Waals surface area (Å²) in [5.74, 6) is -0.0733. The van der Waals surface area contributed by atoms with Crippen molar-refractivity contribution in [2.75, 3.05) is 11.4 Å². The second kappa shape index (κ2) is 5.88. The number of hydrogen-bond acceptors (Lipinski definition) is 2. The first kappa shape index (κ1) is 15.5. The standard InChI is InChI=1S/C17H24N2O2/c1-5-14-16(21)19(11-10-15(20)18-14)13-8-6-12(7-9-13)17(2,3)4/h6-9,14H,5,10-11H2,1-4H3,(H,18,20). The van der Waals surface area contributed by atoms with Crippen LogP contribution in [0.15, 0.2) is 24.3 Å². The molecular weight excluding hydrogens is 264 g/mol. The predicted molar refractivity (Wildman–Crippen MR) is 84.3 cm³/mol. The minimum absolute atomic E-state index is 0.0214. The Morgan fingerprint density at radius 2 is 1.81 bits per heavy atom. The van der Waals surface area contributed by atoms with Crippen LogP contribution in [0.3, 0.4) is 0 Å². The van der Waals surface area contributed by atoms with Crippen molar-refractivity contribution in [1.82, 2.24) is 5.32 Å². The van der Waals surface area contributed by atoms with Crippen LogP contribution >= 0.6 is 0 Å². The molecule has 1 aromatic rings. The average molecular weight is 288 g/mol. The molecule has 114 valence electrons. The molecule has 1 saturated heterocycles. The van der Waals surface area contributed by atoms with Crippen LogP contribution in [0.2, 0.25) is 0 Å². The Bertz CT molecular complexity index is 529. The molecule has 1 aliphatic rings. The first-order valence-corrected chi connectivity index (χ1v) is 7.54. The van der Waals surface area contributed by atoms with E-state index in [1.807, 2.05) is 19.1 Å². The Labute approximate surface area is 126 Å². The maximum atomic E-state index is 12.5. The van der Waals surface area contributed by atoms with Gasteiger partial charge in [-0.05, 0) is 29.5 Å². The van der Waals surface area contributed by atoms with Crippen molar-refractivity contribution in [2.45, 2.75) is 52.0 Å². The first-order valence-electron chi connectivity index (χ1n) is 7.54. The molecule has 1 N–H and O–H groups in total. The molecule has 1 fully saturated rings. The van der Waals surface area contributed by atoms with E-state index in [1.165, 1.54) is 5.56 Å². The number of hydrogen-bond donors (Lipinski definition) is 1. The van der Waals surface area contributed by atoms with Crippen molar-refractivity contribution in [3.8, 4) is 0 Å². The Balaban J connectivity index is 2.27. The lowest BCUT2D eigenvalue weighted by Crippen LogP contribution is -2.44. The fourth-order valence-corrected chi connectivity index (χ4v) is 2.51. The normalized spacial score (nSPS) is 20.2. The highest BCUT2D eigenvalue weighted by Gasteiger charge is 2.29. The van der Waals surface area contributed by atoms with Crippen molar-refractivity contribution >= 4 is 17.5 Å². The lowest BCUT2D eigenvalue weighted by atomic mass is 9.87. The van der Waals surface area contributed by atoms with Crippen LogP contribution in [-0.4, -0.2) is 24.4 Å². The van der Waals surface area contributed by atoms with Gasteiger partial charge in [-0.3, -0.25) is 9.59 Å². The molecular formula is C17H24N2O2. The van der Waals surface area contributed by atoms with Gasteiger partial charge in [0.1, 0.15) is 6.04 Å². The van der Waals surface area contributed by atoms with E-state index in [-0.39, 0.29) is 17.2 Å². The number of nitrogens with zero attached hydrogens (tertiary/aromatic N) is 1. The van der Waals surface area contributed by atoms with E-state index < -0.39 is 6.04 Å². The maximum Gasteiger partial charge on any atom is 0.249 e. The summed E-state index contributed by atoms with van der Waals surface area (Å²) in [6.45, 7) is 8.84. The molecule has 2 amide bonds. The van der Waals surface area contributed by atoms with E-state index in [1.54, 1.807) is 4.90 Å². The highest BCUT2D eigenvalue weighted by Crippen LogP contribution is 2.26. The van der Waals surface area contributed by atoms with Crippen LogP contribution in [0.5, 0.6) is 0 Å². The van der Waals surface area contributed by atoms with Crippen molar-refractivity contribution < 1.29 is 9.59 Å². The topological polar surface area (TPSA) is 49.4 Å². The van der Waals surface area contributed by atoms with Gasteiger partial charge in [0, 0.05) is 18.7 Å². The highest BCUT2D eigenvalue weighted by molar-refractivity contribution is 6.01. The molecule has 0 spiro atoms. The molecule has 0 saturated carbocycles. The molecule has 1 heterocycles. The minimum Gasteiger partial charge on any atom is -0.344 e. The van der Waals surface area contributed by atoms with Crippen molar-refractivity contribution in [2.24, 2.45) is 0 Å². The fraction of sp³-hybridized carbons (Fsp3) is 0.529. The van der Waals surface area contributed by atoms with Crippen LogP contribution in [0.25, 0.3) is 0 Å². The highest BCUT2D eigenvalue weighted by atomic mass is 16.2. The van der Waals surface area contributed by atoms with E-state index in [2.05, 4.69) is 38.2 Å². The quantitative estimate of drug-likeness (QED) is 0.909. The zero-order chi connectivity index (χ0) is 15.6. The molecule has 4 nitrogen and oxygen atoms in total. The second-order valence-corrected chi connectivity index (χ2v) is 6.57. The molecule has 1 aliphatic heterocycles. The fourth-order valence-electron chi connectivity index (χ4n) is 2.51. The van der Waals surface area contributed by atoms with Gasteiger partial charge in [-0.15, -0.1) is 0 Å². The van der Waals surface area contributed by atoms with E-state index in [9.17, 15) is 9.59 Å². The third kappa shape index (κ3) is 3.43. The predicted octanol–water partition coefficient (Wildman–Crippen LogP) is 2.62. The summed E-state index contributed by atoms with van der Waals surface area (Å²) in [5.41, 5.74) is 2.18.